The second-order valence-corrected chi connectivity index (χ2v) is 9.49. The summed E-state index contributed by atoms with van der Waals surface area (Å²) in [5.41, 5.74) is -0.344. The molecule has 0 aliphatic carbocycles. The van der Waals surface area contributed by atoms with Gasteiger partial charge in [0.15, 0.2) is 5.75 Å². The maximum Gasteiger partial charge on any atom is 0.312 e. The number of halogens is 2. The number of rotatable bonds is 3. The fraction of sp³-hybridized carbons (Fsp3) is 0.333. The minimum Gasteiger partial charge on any atom is -0.540 e. The number of nitro groups is 1. The van der Waals surface area contributed by atoms with Gasteiger partial charge in [-0.1, -0.05) is 0 Å². The van der Waals surface area contributed by atoms with E-state index in [1.807, 2.05) is 19.6 Å². The maximum absolute atomic E-state index is 13.2. The molecule has 88 valence electrons. The van der Waals surface area contributed by atoms with Gasteiger partial charge in [0, 0.05) is 6.07 Å². The molecule has 0 N–H and O–H groups in total. The van der Waals surface area contributed by atoms with Crippen LogP contribution in [-0.4, -0.2) is 13.2 Å². The van der Waals surface area contributed by atoms with Crippen molar-refractivity contribution in [3.63, 3.8) is 0 Å². The van der Waals surface area contributed by atoms with Crippen LogP contribution in [0.2, 0.25) is 19.6 Å². The Morgan fingerprint density at radius 3 is 2.44 bits per heavy atom. The molecule has 0 aliphatic rings. The van der Waals surface area contributed by atoms with Crippen LogP contribution in [0.15, 0.2) is 16.6 Å². The molecule has 1 aromatic carbocycles. The van der Waals surface area contributed by atoms with Crippen LogP contribution in [0, 0.1) is 15.9 Å². The molecule has 0 heterocycles. The van der Waals surface area contributed by atoms with Gasteiger partial charge in [-0.2, -0.15) is 0 Å². The van der Waals surface area contributed by atoms with Gasteiger partial charge in [-0.25, -0.2) is 4.39 Å². The van der Waals surface area contributed by atoms with Crippen LogP contribution in [-0.2, 0) is 0 Å². The smallest absolute Gasteiger partial charge is 0.312 e. The summed E-state index contributed by atoms with van der Waals surface area (Å²) < 4.78 is 18.8. The van der Waals surface area contributed by atoms with Crippen molar-refractivity contribution < 1.29 is 13.7 Å². The van der Waals surface area contributed by atoms with E-state index in [0.29, 0.717) is 0 Å². The standard InChI is InChI=1S/C9H11BrFNO3Si/c1-16(2,3)15-9-4-6(10)7(11)5-8(9)12(13)14/h4-5H,1-3H3. The highest BCUT2D eigenvalue weighted by molar-refractivity contribution is 9.10. The molecule has 0 saturated carbocycles. The molecule has 1 aromatic rings. The molecule has 16 heavy (non-hydrogen) atoms. The van der Waals surface area contributed by atoms with E-state index in [1.165, 1.54) is 6.07 Å². The summed E-state index contributed by atoms with van der Waals surface area (Å²) in [6.07, 6.45) is 0. The van der Waals surface area contributed by atoms with Crippen molar-refractivity contribution in [3.8, 4) is 5.75 Å². The summed E-state index contributed by atoms with van der Waals surface area (Å²) in [4.78, 5) is 10.1. The molecule has 0 atom stereocenters. The molecule has 4 nitrogen and oxygen atoms in total. The molecule has 0 spiro atoms. The van der Waals surface area contributed by atoms with Crippen LogP contribution in [0.25, 0.3) is 0 Å². The summed E-state index contributed by atoms with van der Waals surface area (Å²) in [5, 5.41) is 10.7. The van der Waals surface area contributed by atoms with E-state index in [4.69, 9.17) is 4.43 Å². The van der Waals surface area contributed by atoms with Crippen LogP contribution < -0.4 is 4.43 Å². The zero-order valence-corrected chi connectivity index (χ0v) is 11.7. The van der Waals surface area contributed by atoms with Crippen molar-refractivity contribution in [2.24, 2.45) is 0 Å². The second-order valence-electron chi connectivity index (χ2n) is 4.21. The zero-order valence-electron chi connectivity index (χ0n) is 9.08. The number of nitrogens with zero attached hydrogens (tertiary/aromatic N) is 1. The predicted molar refractivity (Wildman–Crippen MR) is 64.7 cm³/mol. The summed E-state index contributed by atoms with van der Waals surface area (Å²) >= 11 is 2.97. The van der Waals surface area contributed by atoms with Gasteiger partial charge < -0.3 is 4.43 Å². The quantitative estimate of drug-likeness (QED) is 0.486. The third-order valence-corrected chi connectivity index (χ3v) is 3.05. The van der Waals surface area contributed by atoms with Crippen LogP contribution in [0.5, 0.6) is 5.75 Å². The lowest BCUT2D eigenvalue weighted by molar-refractivity contribution is -0.385. The van der Waals surface area contributed by atoms with Gasteiger partial charge in [-0.15, -0.1) is 0 Å². The molecule has 0 aliphatic heterocycles. The molecule has 7 heteroatoms. The largest absolute Gasteiger partial charge is 0.540 e. The van der Waals surface area contributed by atoms with Crippen molar-refractivity contribution in [2.75, 3.05) is 0 Å². The first-order valence-corrected chi connectivity index (χ1v) is 8.73. The first-order valence-electron chi connectivity index (χ1n) is 4.53. The van der Waals surface area contributed by atoms with Crippen molar-refractivity contribution in [1.82, 2.24) is 0 Å². The summed E-state index contributed by atoms with van der Waals surface area (Å²) in [6.45, 7) is 5.69. The van der Waals surface area contributed by atoms with Crippen LogP contribution >= 0.6 is 15.9 Å². The van der Waals surface area contributed by atoms with Crippen molar-refractivity contribution in [1.29, 1.82) is 0 Å². The Morgan fingerprint density at radius 1 is 1.44 bits per heavy atom. The van der Waals surface area contributed by atoms with Crippen molar-refractivity contribution >= 4 is 29.9 Å². The van der Waals surface area contributed by atoms with Gasteiger partial charge in [-0.3, -0.25) is 10.1 Å². The van der Waals surface area contributed by atoms with E-state index < -0.39 is 19.1 Å². The maximum atomic E-state index is 13.2. The summed E-state index contributed by atoms with van der Waals surface area (Å²) in [5.74, 6) is -0.563. The SMILES string of the molecule is C[Si](C)(C)Oc1cc(Br)c(F)cc1[N+](=O)[O-]. The number of nitro benzene ring substituents is 1. The molecule has 0 amide bonds. The minimum atomic E-state index is -1.96. The van der Waals surface area contributed by atoms with Crippen LogP contribution in [0.4, 0.5) is 10.1 Å². The highest BCUT2D eigenvalue weighted by Crippen LogP contribution is 2.33. The van der Waals surface area contributed by atoms with E-state index in [9.17, 15) is 14.5 Å². The molecule has 0 radical (unpaired) electrons. The number of hydrogen-bond acceptors (Lipinski definition) is 3. The fourth-order valence-electron chi connectivity index (χ4n) is 1.07. The Kier molecular flexibility index (Phi) is 3.69. The molecular formula is C9H11BrFNO3Si. The molecule has 0 aromatic heterocycles. The molecule has 1 rings (SSSR count). The van der Waals surface area contributed by atoms with Gasteiger partial charge in [0.1, 0.15) is 5.82 Å². The molecule has 0 saturated heterocycles. The third-order valence-electron chi connectivity index (χ3n) is 1.61. The monoisotopic (exact) mass is 307 g/mol. The molecule has 0 fully saturated rings. The van der Waals surface area contributed by atoms with E-state index in [0.717, 1.165) is 6.07 Å². The summed E-state index contributed by atoms with van der Waals surface area (Å²) in [7, 11) is -1.96. The van der Waals surface area contributed by atoms with E-state index in [-0.39, 0.29) is 15.9 Å². The van der Waals surface area contributed by atoms with Crippen molar-refractivity contribution in [3.05, 3.63) is 32.5 Å². The van der Waals surface area contributed by atoms with Gasteiger partial charge in [0.2, 0.25) is 8.32 Å². The van der Waals surface area contributed by atoms with Crippen LogP contribution in [0.1, 0.15) is 0 Å². The highest BCUT2D eigenvalue weighted by Gasteiger charge is 2.24. The van der Waals surface area contributed by atoms with Gasteiger partial charge in [0.25, 0.3) is 0 Å². The Labute approximate surface area is 102 Å². The molecule has 0 unspecified atom stereocenters. The Hall–Kier alpha value is -0.953. The Bertz CT molecular complexity index is 433. The van der Waals surface area contributed by atoms with Gasteiger partial charge in [-0.05, 0) is 35.6 Å². The molecular weight excluding hydrogens is 297 g/mol. The average molecular weight is 308 g/mol. The summed E-state index contributed by atoms with van der Waals surface area (Å²) in [6, 6.07) is 2.16. The van der Waals surface area contributed by atoms with E-state index >= 15 is 0 Å². The number of hydrogen-bond donors (Lipinski definition) is 0. The topological polar surface area (TPSA) is 52.4 Å². The minimum absolute atomic E-state index is 0.109. The van der Waals surface area contributed by atoms with E-state index in [2.05, 4.69) is 15.9 Å². The lowest BCUT2D eigenvalue weighted by atomic mass is 10.3. The van der Waals surface area contributed by atoms with Crippen molar-refractivity contribution in [2.45, 2.75) is 19.6 Å². The van der Waals surface area contributed by atoms with Gasteiger partial charge >= 0.3 is 5.69 Å². The lowest BCUT2D eigenvalue weighted by Gasteiger charge is -2.19. The van der Waals surface area contributed by atoms with Gasteiger partial charge in [0.05, 0.1) is 15.5 Å². The Balaban J connectivity index is 3.25. The molecule has 0 bridgehead atoms. The van der Waals surface area contributed by atoms with E-state index in [1.54, 1.807) is 0 Å². The number of benzene rings is 1. The average Bonchev–Trinajstić information content (AvgIpc) is 2.07. The normalized spacial score (nSPS) is 11.3. The first-order chi connectivity index (χ1) is 7.20. The first kappa shape index (κ1) is 13.1. The highest BCUT2D eigenvalue weighted by atomic mass is 79.9. The van der Waals surface area contributed by atoms with Crippen LogP contribution in [0.3, 0.4) is 0 Å². The predicted octanol–water partition coefficient (Wildman–Crippen LogP) is 3.71. The zero-order chi connectivity index (χ0) is 12.5. The fourth-order valence-corrected chi connectivity index (χ4v) is 2.22. The third kappa shape index (κ3) is 3.27. The second kappa shape index (κ2) is 4.50. The lowest BCUT2D eigenvalue weighted by Crippen LogP contribution is -2.29. The Morgan fingerprint density at radius 2 is 2.00 bits per heavy atom.